The predicted molar refractivity (Wildman–Crippen MR) is 110 cm³/mol. The van der Waals surface area contributed by atoms with Gasteiger partial charge < -0.3 is 14.2 Å². The van der Waals surface area contributed by atoms with E-state index in [9.17, 15) is 13.6 Å². The number of rotatable bonds is 4. The van der Waals surface area contributed by atoms with Gasteiger partial charge in [0.05, 0.1) is 6.61 Å². The SMILES string of the molecule is Cc1ccccc1[S+](=O)([O-])N1CCC2(CC1)OCCN(Cc1ccccc1)C2=O. The number of sulfonamides is 1. The fourth-order valence-corrected chi connectivity index (χ4v) is 5.86. The number of morpholine rings is 1. The number of hydrogen-bond donors (Lipinski definition) is 0. The van der Waals surface area contributed by atoms with Crippen LogP contribution in [0.4, 0.5) is 0 Å². The van der Waals surface area contributed by atoms with Crippen LogP contribution < -0.4 is 0 Å². The van der Waals surface area contributed by atoms with Gasteiger partial charge in [-0.3, -0.25) is 4.79 Å². The molecule has 0 radical (unpaired) electrons. The third kappa shape index (κ3) is 3.88. The minimum Gasteiger partial charge on any atom is -0.593 e. The molecule has 0 bridgehead atoms. The Morgan fingerprint density at radius 2 is 1.69 bits per heavy atom. The molecule has 0 aromatic heterocycles. The minimum absolute atomic E-state index is 0.0273. The van der Waals surface area contributed by atoms with Gasteiger partial charge in [0.1, 0.15) is 5.60 Å². The Kier molecular flexibility index (Phi) is 5.57. The van der Waals surface area contributed by atoms with Gasteiger partial charge >= 0.3 is 0 Å². The fraction of sp³-hybridized carbons (Fsp3) is 0.409. The van der Waals surface area contributed by atoms with Gasteiger partial charge in [-0.05, 0) is 18.6 Å². The predicted octanol–water partition coefficient (Wildman–Crippen LogP) is 2.79. The van der Waals surface area contributed by atoms with Crippen molar-refractivity contribution in [2.24, 2.45) is 0 Å². The van der Waals surface area contributed by atoms with Gasteiger partial charge in [-0.25, -0.2) is 0 Å². The Labute approximate surface area is 172 Å². The summed E-state index contributed by atoms with van der Waals surface area (Å²) in [6.45, 7) is 3.94. The molecule has 0 aliphatic carbocycles. The molecule has 6 nitrogen and oxygen atoms in total. The zero-order valence-electron chi connectivity index (χ0n) is 16.6. The molecule has 2 aromatic rings. The van der Waals surface area contributed by atoms with Crippen molar-refractivity contribution in [3.8, 4) is 0 Å². The molecule has 2 heterocycles. The van der Waals surface area contributed by atoms with Gasteiger partial charge in [0.15, 0.2) is 15.3 Å². The maximum absolute atomic E-state index is 13.2. The van der Waals surface area contributed by atoms with Gasteiger partial charge in [-0.15, -0.1) is 4.31 Å². The first-order chi connectivity index (χ1) is 13.9. The molecule has 7 heteroatoms. The highest BCUT2D eigenvalue weighted by molar-refractivity contribution is 7.95. The smallest absolute Gasteiger partial charge is 0.255 e. The van der Waals surface area contributed by atoms with E-state index in [2.05, 4.69) is 0 Å². The third-order valence-corrected chi connectivity index (χ3v) is 7.93. The summed E-state index contributed by atoms with van der Waals surface area (Å²) in [7, 11) is -3.57. The topological polar surface area (TPSA) is 72.9 Å². The van der Waals surface area contributed by atoms with Gasteiger partial charge in [0.2, 0.25) is 0 Å². The molecule has 1 spiro atoms. The van der Waals surface area contributed by atoms with Crippen molar-refractivity contribution in [3.63, 3.8) is 0 Å². The molecule has 29 heavy (non-hydrogen) atoms. The van der Waals surface area contributed by atoms with Crippen LogP contribution in [0.2, 0.25) is 0 Å². The van der Waals surface area contributed by atoms with Crippen molar-refractivity contribution in [2.75, 3.05) is 26.2 Å². The highest BCUT2D eigenvalue weighted by Gasteiger charge is 2.50. The number of carbonyl (C=O) groups is 1. The van der Waals surface area contributed by atoms with Crippen LogP contribution in [0.15, 0.2) is 59.5 Å². The standard InChI is InChI=1S/C22H26N2O4S/c1-18-7-5-6-10-20(18)29(26,27)24-13-11-22(12-14-24)21(25)23(15-16-28-22)17-19-8-3-2-4-9-19/h2-10H,11-17H2,1H3. The number of carbonyl (C=O) groups excluding carboxylic acids is 1. The van der Waals surface area contributed by atoms with Gasteiger partial charge in [-0.1, -0.05) is 52.7 Å². The molecule has 2 aromatic carbocycles. The molecular weight excluding hydrogens is 388 g/mol. The molecule has 2 aliphatic rings. The molecule has 2 saturated heterocycles. The number of piperidine rings is 1. The molecule has 2 fully saturated rings. The average molecular weight is 415 g/mol. The Morgan fingerprint density at radius 3 is 2.38 bits per heavy atom. The summed E-state index contributed by atoms with van der Waals surface area (Å²) in [4.78, 5) is 15.4. The van der Waals surface area contributed by atoms with Crippen LogP contribution in [-0.4, -0.2) is 51.5 Å². The molecular formula is C22H26N2O4S. The Morgan fingerprint density at radius 1 is 1.03 bits per heavy atom. The van der Waals surface area contributed by atoms with E-state index in [1.54, 1.807) is 25.1 Å². The average Bonchev–Trinajstić information content (AvgIpc) is 2.73. The lowest BCUT2D eigenvalue weighted by molar-refractivity contribution is -0.179. The van der Waals surface area contributed by atoms with Crippen LogP contribution in [0, 0.1) is 6.92 Å². The number of nitrogens with zero attached hydrogens (tertiary/aromatic N) is 2. The van der Waals surface area contributed by atoms with Crippen LogP contribution in [0.3, 0.4) is 0 Å². The summed E-state index contributed by atoms with van der Waals surface area (Å²) >= 11 is 0. The zero-order valence-corrected chi connectivity index (χ0v) is 17.4. The van der Waals surface area contributed by atoms with Gasteiger partial charge in [0, 0.05) is 44.6 Å². The van der Waals surface area contributed by atoms with Crippen molar-refractivity contribution < 1.29 is 18.3 Å². The number of benzene rings is 2. The van der Waals surface area contributed by atoms with E-state index in [4.69, 9.17) is 4.74 Å². The largest absolute Gasteiger partial charge is 0.593 e. The number of ether oxygens (including phenoxy) is 1. The quantitative estimate of drug-likeness (QED) is 0.721. The van der Waals surface area contributed by atoms with Crippen molar-refractivity contribution in [1.29, 1.82) is 0 Å². The fourth-order valence-electron chi connectivity index (χ4n) is 4.19. The summed E-state index contributed by atoms with van der Waals surface area (Å²) < 4.78 is 33.6. The maximum Gasteiger partial charge on any atom is 0.255 e. The zero-order chi connectivity index (χ0) is 20.5. The highest BCUT2D eigenvalue weighted by atomic mass is 32.3. The lowest BCUT2D eigenvalue weighted by Crippen LogP contribution is -2.61. The van der Waals surface area contributed by atoms with Gasteiger partial charge in [-0.2, -0.15) is 0 Å². The second-order valence-corrected chi connectivity index (χ2v) is 9.63. The van der Waals surface area contributed by atoms with E-state index >= 15 is 0 Å². The van der Waals surface area contributed by atoms with E-state index in [0.29, 0.717) is 37.4 Å². The second kappa shape index (κ2) is 7.99. The first-order valence-electron chi connectivity index (χ1n) is 9.95. The summed E-state index contributed by atoms with van der Waals surface area (Å²) in [5, 5.41) is 0. The lowest BCUT2D eigenvalue weighted by atomic mass is 9.89. The maximum atomic E-state index is 13.2. The molecule has 1 unspecified atom stereocenters. The van der Waals surface area contributed by atoms with Crippen molar-refractivity contribution in [3.05, 3.63) is 65.7 Å². The van der Waals surface area contributed by atoms with Crippen LogP contribution in [0.1, 0.15) is 24.0 Å². The normalized spacial score (nSPS) is 21.9. The van der Waals surface area contributed by atoms with Gasteiger partial charge in [0.25, 0.3) is 5.91 Å². The van der Waals surface area contributed by atoms with Crippen molar-refractivity contribution >= 4 is 16.3 Å². The third-order valence-electron chi connectivity index (χ3n) is 5.87. The van der Waals surface area contributed by atoms with Crippen LogP contribution >= 0.6 is 0 Å². The highest BCUT2D eigenvalue weighted by Crippen LogP contribution is 2.35. The number of hydrogen-bond acceptors (Lipinski definition) is 4. The summed E-state index contributed by atoms with van der Waals surface area (Å²) in [6.07, 6.45) is 0.754. The summed E-state index contributed by atoms with van der Waals surface area (Å²) in [6, 6.07) is 16.9. The lowest BCUT2D eigenvalue weighted by Gasteiger charge is -2.46. The summed E-state index contributed by atoms with van der Waals surface area (Å²) in [5.41, 5.74) is 0.898. The Bertz CT molecular complexity index is 925. The first-order valence-corrected chi connectivity index (χ1v) is 11.4. The van der Waals surface area contributed by atoms with Crippen molar-refractivity contribution in [2.45, 2.75) is 36.8 Å². The van der Waals surface area contributed by atoms with Crippen LogP contribution in [0.5, 0.6) is 0 Å². The second-order valence-electron chi connectivity index (χ2n) is 7.72. The molecule has 1 atom stereocenters. The first kappa shape index (κ1) is 20.2. The van der Waals surface area contributed by atoms with Crippen LogP contribution in [0.25, 0.3) is 0 Å². The molecule has 1 amide bonds. The molecule has 0 saturated carbocycles. The van der Waals surface area contributed by atoms with Crippen LogP contribution in [-0.2, 0) is 30.7 Å². The Balaban J connectivity index is 1.47. The van der Waals surface area contributed by atoms with Crippen molar-refractivity contribution in [1.82, 2.24) is 9.21 Å². The van der Waals surface area contributed by atoms with E-state index < -0.39 is 16.0 Å². The van der Waals surface area contributed by atoms with E-state index in [1.165, 1.54) is 4.31 Å². The van der Waals surface area contributed by atoms with E-state index in [0.717, 1.165) is 11.1 Å². The molecule has 2 aliphatic heterocycles. The summed E-state index contributed by atoms with van der Waals surface area (Å²) in [5.74, 6) is -0.0273. The van der Waals surface area contributed by atoms with E-state index in [1.807, 2.05) is 41.3 Å². The van der Waals surface area contributed by atoms with E-state index in [-0.39, 0.29) is 19.0 Å². The molecule has 4 rings (SSSR count). The number of aryl methyl sites for hydroxylation is 1. The molecule has 154 valence electrons. The monoisotopic (exact) mass is 414 g/mol. The Hall–Kier alpha value is -2.06. The molecule has 0 N–H and O–H groups in total. The minimum atomic E-state index is -3.57. The number of amides is 1.